The molecule has 1 aromatic carbocycles. The summed E-state index contributed by atoms with van der Waals surface area (Å²) in [5.41, 5.74) is 1.28. The van der Waals surface area contributed by atoms with Gasteiger partial charge >= 0.3 is 6.09 Å². The van der Waals surface area contributed by atoms with Crippen molar-refractivity contribution in [1.82, 2.24) is 4.98 Å². The van der Waals surface area contributed by atoms with Crippen molar-refractivity contribution in [3.8, 4) is 0 Å². The first-order valence-corrected chi connectivity index (χ1v) is 6.22. The first kappa shape index (κ1) is 12.9. The van der Waals surface area contributed by atoms with Gasteiger partial charge in [0.05, 0.1) is 11.9 Å². The van der Waals surface area contributed by atoms with Crippen LogP contribution < -0.4 is 5.32 Å². The van der Waals surface area contributed by atoms with E-state index in [2.05, 4.69) is 20.3 Å². The lowest BCUT2D eigenvalue weighted by atomic mass is 10.3. The van der Waals surface area contributed by atoms with Crippen LogP contribution in [0.4, 0.5) is 10.7 Å². The van der Waals surface area contributed by atoms with E-state index in [9.17, 15) is 4.79 Å². The Morgan fingerprint density at radius 2 is 2.10 bits per heavy atom. The molecule has 0 saturated carbocycles. The van der Waals surface area contributed by atoms with Gasteiger partial charge in [0.25, 0.3) is 0 Å². The Bertz CT molecular complexity index is 748. The lowest BCUT2D eigenvalue weighted by Crippen LogP contribution is -2.10. The van der Waals surface area contributed by atoms with Gasteiger partial charge in [-0.05, 0) is 18.2 Å². The van der Waals surface area contributed by atoms with Gasteiger partial charge in [-0.25, -0.2) is 4.79 Å². The highest BCUT2D eigenvalue weighted by atomic mass is 16.7. The number of furan rings is 1. The first-order chi connectivity index (χ1) is 10.3. The van der Waals surface area contributed by atoms with Gasteiger partial charge in [0.15, 0.2) is 0 Å². The fourth-order valence-corrected chi connectivity index (χ4v) is 1.75. The van der Waals surface area contributed by atoms with Crippen LogP contribution in [-0.2, 0) is 4.84 Å². The number of nitrogens with zero attached hydrogens (tertiary/aromatic N) is 2. The van der Waals surface area contributed by atoms with Crippen molar-refractivity contribution in [3.05, 3.63) is 60.4 Å². The third-order valence-electron chi connectivity index (χ3n) is 2.66. The molecule has 1 amide bonds. The van der Waals surface area contributed by atoms with Gasteiger partial charge in [-0.3, -0.25) is 15.1 Å². The van der Waals surface area contributed by atoms with Crippen molar-refractivity contribution in [2.45, 2.75) is 0 Å². The molecule has 3 rings (SSSR count). The minimum absolute atomic E-state index is 0.300. The second kappa shape index (κ2) is 5.87. The third kappa shape index (κ3) is 3.24. The second-order valence-electron chi connectivity index (χ2n) is 4.14. The number of rotatable bonds is 3. The average molecular weight is 281 g/mol. The Labute approximate surface area is 120 Å². The molecule has 0 fully saturated rings. The number of benzene rings is 1. The Morgan fingerprint density at radius 3 is 2.90 bits per heavy atom. The summed E-state index contributed by atoms with van der Waals surface area (Å²) in [5, 5.41) is 6.90. The normalized spacial score (nSPS) is 10.9. The van der Waals surface area contributed by atoms with Crippen LogP contribution in [0.25, 0.3) is 11.0 Å². The quantitative estimate of drug-likeness (QED) is 0.453. The average Bonchev–Trinajstić information content (AvgIpc) is 2.90. The number of amides is 1. The van der Waals surface area contributed by atoms with Crippen molar-refractivity contribution in [2.75, 3.05) is 5.32 Å². The number of para-hydroxylation sites is 1. The number of hydrogen-bond donors (Lipinski definition) is 1. The minimum atomic E-state index is -0.735. The maximum atomic E-state index is 11.6. The van der Waals surface area contributed by atoms with Gasteiger partial charge in [0.1, 0.15) is 5.58 Å². The van der Waals surface area contributed by atoms with E-state index >= 15 is 0 Å². The highest BCUT2D eigenvalue weighted by Crippen LogP contribution is 2.22. The molecule has 21 heavy (non-hydrogen) atoms. The molecular formula is C15H11N3O3. The molecule has 3 aromatic rings. The van der Waals surface area contributed by atoms with Crippen molar-refractivity contribution < 1.29 is 14.0 Å². The number of aromatic nitrogens is 1. The molecule has 2 aromatic heterocycles. The zero-order valence-electron chi connectivity index (χ0n) is 10.9. The lowest BCUT2D eigenvalue weighted by molar-refractivity contribution is 0.166. The van der Waals surface area contributed by atoms with E-state index in [0.717, 1.165) is 5.39 Å². The number of pyridine rings is 1. The summed E-state index contributed by atoms with van der Waals surface area (Å²) in [6.45, 7) is 0. The highest BCUT2D eigenvalue weighted by molar-refractivity contribution is 5.88. The molecule has 0 atom stereocenters. The van der Waals surface area contributed by atoms with Gasteiger partial charge in [0.2, 0.25) is 5.88 Å². The molecule has 0 bridgehead atoms. The lowest BCUT2D eigenvalue weighted by Gasteiger charge is -1.97. The van der Waals surface area contributed by atoms with E-state index in [0.29, 0.717) is 17.2 Å². The maximum absolute atomic E-state index is 11.6. The van der Waals surface area contributed by atoms with Gasteiger partial charge < -0.3 is 4.42 Å². The predicted molar refractivity (Wildman–Crippen MR) is 78.1 cm³/mol. The largest absolute Gasteiger partial charge is 0.440 e. The summed E-state index contributed by atoms with van der Waals surface area (Å²) in [6.07, 6.45) is 2.23. The van der Waals surface area contributed by atoms with Crippen LogP contribution in [0.1, 0.15) is 5.69 Å². The van der Waals surface area contributed by atoms with E-state index in [-0.39, 0.29) is 0 Å². The number of oxime groups is 1. The van der Waals surface area contributed by atoms with Gasteiger partial charge in [-0.2, -0.15) is 0 Å². The number of fused-ring (bicyclic) bond motifs is 1. The molecular weight excluding hydrogens is 270 g/mol. The molecule has 0 aliphatic rings. The molecule has 0 radical (unpaired) electrons. The predicted octanol–water partition coefficient (Wildman–Crippen LogP) is 3.41. The molecule has 0 unspecified atom stereocenters. The first-order valence-electron chi connectivity index (χ1n) is 6.22. The van der Waals surface area contributed by atoms with E-state index in [1.807, 2.05) is 30.3 Å². The van der Waals surface area contributed by atoms with E-state index in [1.165, 1.54) is 6.21 Å². The molecule has 6 heteroatoms. The Balaban J connectivity index is 1.60. The number of carbonyl (C=O) groups is 1. The summed E-state index contributed by atoms with van der Waals surface area (Å²) >= 11 is 0. The SMILES string of the molecule is O=C(Nc1cc2ccccc2o1)ON=Cc1ccccn1. The number of nitrogens with one attached hydrogen (secondary N) is 1. The number of carbonyl (C=O) groups excluding carboxylic acids is 1. The van der Waals surface area contributed by atoms with E-state index < -0.39 is 6.09 Å². The van der Waals surface area contributed by atoms with Crippen LogP contribution >= 0.6 is 0 Å². The fraction of sp³-hybridized carbons (Fsp3) is 0. The van der Waals surface area contributed by atoms with Crippen molar-refractivity contribution in [1.29, 1.82) is 0 Å². The van der Waals surface area contributed by atoms with E-state index in [4.69, 9.17) is 4.42 Å². The molecule has 104 valence electrons. The van der Waals surface area contributed by atoms with Crippen molar-refractivity contribution >= 4 is 29.2 Å². The van der Waals surface area contributed by atoms with Crippen LogP contribution in [0, 0.1) is 0 Å². The Kier molecular flexibility index (Phi) is 3.60. The van der Waals surface area contributed by atoms with Gasteiger partial charge in [0, 0.05) is 17.6 Å². The van der Waals surface area contributed by atoms with E-state index in [1.54, 1.807) is 24.4 Å². The summed E-state index contributed by atoms with van der Waals surface area (Å²) in [5.74, 6) is 0.300. The number of anilines is 1. The topological polar surface area (TPSA) is 76.7 Å². The fourth-order valence-electron chi connectivity index (χ4n) is 1.75. The highest BCUT2D eigenvalue weighted by Gasteiger charge is 2.07. The smallest absolute Gasteiger partial charge is 0.440 e. The minimum Gasteiger partial charge on any atom is -0.440 e. The van der Waals surface area contributed by atoms with Crippen LogP contribution in [-0.4, -0.2) is 17.3 Å². The van der Waals surface area contributed by atoms with Crippen LogP contribution in [0.15, 0.2) is 64.3 Å². The molecule has 0 aliphatic heterocycles. The van der Waals surface area contributed by atoms with Crippen LogP contribution in [0.2, 0.25) is 0 Å². The molecule has 2 heterocycles. The summed E-state index contributed by atoms with van der Waals surface area (Å²) in [4.78, 5) is 20.2. The third-order valence-corrected chi connectivity index (χ3v) is 2.66. The zero-order chi connectivity index (χ0) is 14.5. The summed E-state index contributed by atoms with van der Waals surface area (Å²) in [7, 11) is 0. The van der Waals surface area contributed by atoms with Crippen LogP contribution in [0.5, 0.6) is 0 Å². The zero-order valence-corrected chi connectivity index (χ0v) is 10.9. The standard InChI is InChI=1S/C15H11N3O3/c19-15(21-17-10-12-6-3-4-8-16-12)18-14-9-11-5-1-2-7-13(11)20-14/h1-10H,(H,18,19). The van der Waals surface area contributed by atoms with Gasteiger partial charge in [-0.1, -0.05) is 29.4 Å². The molecule has 1 N–H and O–H groups in total. The second-order valence-corrected chi connectivity index (χ2v) is 4.14. The Morgan fingerprint density at radius 1 is 1.24 bits per heavy atom. The van der Waals surface area contributed by atoms with Crippen LogP contribution in [0.3, 0.4) is 0 Å². The Hall–Kier alpha value is -3.15. The summed E-state index contributed by atoms with van der Waals surface area (Å²) < 4.78 is 5.43. The maximum Gasteiger partial charge on any atom is 0.440 e. The van der Waals surface area contributed by atoms with Crippen molar-refractivity contribution in [3.63, 3.8) is 0 Å². The molecule has 0 saturated heterocycles. The monoisotopic (exact) mass is 281 g/mol. The van der Waals surface area contributed by atoms with Gasteiger partial charge in [-0.15, -0.1) is 0 Å². The number of hydrogen-bond acceptors (Lipinski definition) is 5. The molecule has 6 nitrogen and oxygen atoms in total. The van der Waals surface area contributed by atoms with Crippen molar-refractivity contribution in [2.24, 2.45) is 5.16 Å². The molecule has 0 aliphatic carbocycles. The summed E-state index contributed by atoms with van der Waals surface area (Å²) in [6, 6.07) is 14.5. The molecule has 0 spiro atoms.